The van der Waals surface area contributed by atoms with Crippen LogP contribution in [-0.2, 0) is 23.5 Å². The number of anilines is 1. The van der Waals surface area contributed by atoms with Crippen molar-refractivity contribution in [1.29, 1.82) is 0 Å². The molecule has 0 spiro atoms. The fourth-order valence-corrected chi connectivity index (χ4v) is 4.44. The molecule has 0 amide bonds. The van der Waals surface area contributed by atoms with E-state index in [0.717, 1.165) is 5.56 Å². The molecular formula is C21H26N10O3S. The first-order chi connectivity index (χ1) is 16.7. The Labute approximate surface area is 202 Å². The van der Waals surface area contributed by atoms with Gasteiger partial charge < -0.3 is 4.74 Å². The molecule has 0 aliphatic carbocycles. The van der Waals surface area contributed by atoms with Crippen LogP contribution < -0.4 is 9.46 Å². The zero-order valence-electron chi connectivity index (χ0n) is 20.0. The van der Waals surface area contributed by atoms with Crippen LogP contribution in [-0.4, -0.2) is 65.3 Å². The number of aryl methyl sites for hydroxylation is 2. The lowest BCUT2D eigenvalue weighted by molar-refractivity contribution is 0.398. The van der Waals surface area contributed by atoms with Crippen molar-refractivity contribution in [3.63, 3.8) is 0 Å². The largest absolute Gasteiger partial charge is 0.481 e. The van der Waals surface area contributed by atoms with Crippen molar-refractivity contribution < 1.29 is 13.2 Å². The highest BCUT2D eigenvalue weighted by molar-refractivity contribution is 7.93. The standard InChI is InChI=1S/C21H26N10O3S/c1-13-10-22-17(23-11-13)9-14(2)35(32,33)29-21-28-27-20(16-7-6-8-18(26-16)34-5)31(21)15(3)19-24-12-25-30(19)4/h6-8,10-12,14-15H,9H2,1-5H3,(H,28,29)/t14-,15-/m0/s1. The van der Waals surface area contributed by atoms with Crippen LogP contribution in [0.1, 0.15) is 37.1 Å². The van der Waals surface area contributed by atoms with Crippen LogP contribution in [0.4, 0.5) is 5.95 Å². The number of ether oxygens (including phenoxy) is 1. The van der Waals surface area contributed by atoms with Gasteiger partial charge in [0.1, 0.15) is 23.7 Å². The molecule has 184 valence electrons. The quantitative estimate of drug-likeness (QED) is 0.359. The average Bonchev–Trinajstić information content (AvgIpc) is 3.46. The van der Waals surface area contributed by atoms with E-state index < -0.39 is 21.3 Å². The summed E-state index contributed by atoms with van der Waals surface area (Å²) in [5.74, 6) is 1.76. The molecule has 13 nitrogen and oxygen atoms in total. The number of hydrogen-bond donors (Lipinski definition) is 1. The predicted molar refractivity (Wildman–Crippen MR) is 127 cm³/mol. The van der Waals surface area contributed by atoms with Crippen molar-refractivity contribution >= 4 is 16.0 Å². The molecule has 0 bridgehead atoms. The van der Waals surface area contributed by atoms with Crippen molar-refractivity contribution in [2.75, 3.05) is 11.8 Å². The molecule has 4 rings (SSSR count). The molecular weight excluding hydrogens is 472 g/mol. The summed E-state index contributed by atoms with van der Waals surface area (Å²) in [7, 11) is -0.618. The third-order valence-corrected chi connectivity index (χ3v) is 7.13. The second kappa shape index (κ2) is 9.74. The Morgan fingerprint density at radius 1 is 1.11 bits per heavy atom. The maximum absolute atomic E-state index is 13.2. The van der Waals surface area contributed by atoms with Crippen LogP contribution in [0.2, 0.25) is 0 Å². The average molecular weight is 499 g/mol. The fraction of sp³-hybridized carbons (Fsp3) is 0.381. The van der Waals surface area contributed by atoms with E-state index in [1.54, 1.807) is 53.8 Å². The van der Waals surface area contributed by atoms with Crippen LogP contribution in [0.3, 0.4) is 0 Å². The van der Waals surface area contributed by atoms with E-state index in [9.17, 15) is 8.42 Å². The van der Waals surface area contributed by atoms with Gasteiger partial charge in [0.2, 0.25) is 21.9 Å². The Hall–Kier alpha value is -3.94. The van der Waals surface area contributed by atoms with E-state index in [1.165, 1.54) is 13.4 Å². The first-order valence-corrected chi connectivity index (χ1v) is 12.3. The predicted octanol–water partition coefficient (Wildman–Crippen LogP) is 1.56. The monoisotopic (exact) mass is 498 g/mol. The van der Waals surface area contributed by atoms with E-state index in [0.29, 0.717) is 29.0 Å². The Balaban J connectivity index is 1.71. The summed E-state index contributed by atoms with van der Waals surface area (Å²) in [5.41, 5.74) is 1.35. The first-order valence-electron chi connectivity index (χ1n) is 10.8. The van der Waals surface area contributed by atoms with E-state index >= 15 is 0 Å². The van der Waals surface area contributed by atoms with Crippen LogP contribution in [0, 0.1) is 6.92 Å². The number of pyridine rings is 1. The molecule has 4 aromatic heterocycles. The summed E-state index contributed by atoms with van der Waals surface area (Å²) < 4.78 is 37.5. The van der Waals surface area contributed by atoms with Gasteiger partial charge in [0.25, 0.3) is 0 Å². The van der Waals surface area contributed by atoms with Gasteiger partial charge in [-0.25, -0.2) is 28.4 Å². The summed E-state index contributed by atoms with van der Waals surface area (Å²) in [6.45, 7) is 5.30. The van der Waals surface area contributed by atoms with Gasteiger partial charge in [-0.05, 0) is 32.4 Å². The van der Waals surface area contributed by atoms with Crippen LogP contribution in [0.25, 0.3) is 11.5 Å². The fourth-order valence-electron chi connectivity index (χ4n) is 3.47. The van der Waals surface area contributed by atoms with Gasteiger partial charge in [0, 0.05) is 31.9 Å². The Morgan fingerprint density at radius 2 is 1.86 bits per heavy atom. The lowest BCUT2D eigenvalue weighted by Crippen LogP contribution is -2.30. The van der Waals surface area contributed by atoms with Gasteiger partial charge in [0.05, 0.1) is 18.4 Å². The van der Waals surface area contributed by atoms with E-state index in [-0.39, 0.29) is 12.4 Å². The van der Waals surface area contributed by atoms with Crippen LogP contribution >= 0.6 is 0 Å². The molecule has 0 aliphatic rings. The molecule has 4 heterocycles. The topological polar surface area (TPSA) is 155 Å². The van der Waals surface area contributed by atoms with Crippen molar-refractivity contribution in [1.82, 2.24) is 44.5 Å². The minimum atomic E-state index is -3.88. The molecule has 35 heavy (non-hydrogen) atoms. The second-order valence-electron chi connectivity index (χ2n) is 8.04. The van der Waals surface area contributed by atoms with Crippen molar-refractivity contribution in [2.24, 2.45) is 7.05 Å². The normalized spacial score (nSPS) is 13.4. The van der Waals surface area contributed by atoms with Gasteiger partial charge in [-0.15, -0.1) is 10.2 Å². The molecule has 1 N–H and O–H groups in total. The maximum atomic E-state index is 13.2. The number of sulfonamides is 1. The summed E-state index contributed by atoms with van der Waals surface area (Å²) >= 11 is 0. The maximum Gasteiger partial charge on any atom is 0.239 e. The number of hydrogen-bond acceptors (Lipinski definition) is 10. The first kappa shape index (κ1) is 24.2. The highest BCUT2D eigenvalue weighted by Gasteiger charge is 2.29. The molecule has 0 aliphatic heterocycles. The SMILES string of the molecule is COc1cccc(-c2nnc(NS(=O)(=O)[C@@H](C)Cc3ncc(C)cn3)n2[C@@H](C)c2ncnn2C)n1. The number of nitrogens with one attached hydrogen (secondary N) is 1. The Bertz CT molecular complexity index is 1420. The third-order valence-electron chi connectivity index (χ3n) is 5.43. The molecule has 0 saturated carbocycles. The highest BCUT2D eigenvalue weighted by Crippen LogP contribution is 2.29. The molecule has 2 atom stereocenters. The van der Waals surface area contributed by atoms with Gasteiger partial charge in [-0.1, -0.05) is 6.07 Å². The summed E-state index contributed by atoms with van der Waals surface area (Å²) in [6, 6.07) is 4.73. The van der Waals surface area contributed by atoms with E-state index in [4.69, 9.17) is 4.74 Å². The van der Waals surface area contributed by atoms with Crippen LogP contribution in [0.5, 0.6) is 5.88 Å². The van der Waals surface area contributed by atoms with Gasteiger partial charge in [0.15, 0.2) is 5.82 Å². The van der Waals surface area contributed by atoms with Crippen molar-refractivity contribution in [3.05, 3.63) is 54.1 Å². The smallest absolute Gasteiger partial charge is 0.239 e. The highest BCUT2D eigenvalue weighted by atomic mass is 32.2. The lowest BCUT2D eigenvalue weighted by Gasteiger charge is -2.19. The number of rotatable bonds is 9. The molecule has 14 heteroatoms. The minimum absolute atomic E-state index is 0.0248. The Kier molecular flexibility index (Phi) is 6.73. The van der Waals surface area contributed by atoms with Gasteiger partial charge in [-0.2, -0.15) is 5.10 Å². The minimum Gasteiger partial charge on any atom is -0.481 e. The van der Waals surface area contributed by atoms with Crippen molar-refractivity contribution in [2.45, 2.75) is 38.5 Å². The zero-order chi connectivity index (χ0) is 25.2. The van der Waals surface area contributed by atoms with E-state index in [2.05, 4.69) is 40.0 Å². The summed E-state index contributed by atoms with van der Waals surface area (Å²) in [5, 5.41) is 11.7. The molecule has 0 saturated heterocycles. The van der Waals surface area contributed by atoms with Crippen LogP contribution in [0.15, 0.2) is 36.9 Å². The molecule has 0 radical (unpaired) electrons. The van der Waals surface area contributed by atoms with Crippen molar-refractivity contribution in [3.8, 4) is 17.4 Å². The molecule has 4 aromatic rings. The zero-order valence-corrected chi connectivity index (χ0v) is 20.8. The number of aromatic nitrogens is 9. The number of nitrogens with zero attached hydrogens (tertiary/aromatic N) is 9. The van der Waals surface area contributed by atoms with E-state index in [1.807, 2.05) is 13.8 Å². The number of methoxy groups -OCH3 is 1. The molecule has 0 aromatic carbocycles. The Morgan fingerprint density at radius 3 is 2.51 bits per heavy atom. The second-order valence-corrected chi connectivity index (χ2v) is 10.1. The molecule has 0 unspecified atom stereocenters. The summed E-state index contributed by atoms with van der Waals surface area (Å²) in [6.07, 6.45) is 4.86. The molecule has 0 fully saturated rings. The summed E-state index contributed by atoms with van der Waals surface area (Å²) in [4.78, 5) is 17.2. The van der Waals surface area contributed by atoms with Gasteiger partial charge >= 0.3 is 0 Å². The van der Waals surface area contributed by atoms with Gasteiger partial charge in [-0.3, -0.25) is 14.0 Å². The third kappa shape index (κ3) is 5.11. The lowest BCUT2D eigenvalue weighted by atomic mass is 10.2.